The van der Waals surface area contributed by atoms with Gasteiger partial charge in [-0.05, 0) is 44.8 Å². The van der Waals surface area contributed by atoms with E-state index in [-0.39, 0.29) is 29.7 Å². The molecule has 0 spiro atoms. The maximum absolute atomic E-state index is 13.7. The first-order valence-corrected chi connectivity index (χ1v) is 12.7. The van der Waals surface area contributed by atoms with Gasteiger partial charge in [0.2, 0.25) is 5.95 Å². The molecule has 3 aromatic rings. The summed E-state index contributed by atoms with van der Waals surface area (Å²) in [6.07, 6.45) is -0.490. The lowest BCUT2D eigenvalue weighted by Crippen LogP contribution is -2.38. The highest BCUT2D eigenvalue weighted by Gasteiger charge is 2.36. The quantitative estimate of drug-likeness (QED) is 0.328. The molecular formula is C20H24F3N6O3P. The molecule has 1 aliphatic rings. The van der Waals surface area contributed by atoms with E-state index in [2.05, 4.69) is 30.6 Å². The van der Waals surface area contributed by atoms with Gasteiger partial charge in [0.25, 0.3) is 6.47 Å². The van der Waals surface area contributed by atoms with Gasteiger partial charge in [0, 0.05) is 35.9 Å². The molecule has 0 aliphatic carbocycles. The molecule has 0 amide bonds. The van der Waals surface area contributed by atoms with Gasteiger partial charge in [0.15, 0.2) is 0 Å². The first-order valence-electron chi connectivity index (χ1n) is 10.1. The molecule has 1 fully saturated rings. The summed E-state index contributed by atoms with van der Waals surface area (Å²) in [4.78, 5) is 23.7. The van der Waals surface area contributed by atoms with Crippen LogP contribution >= 0.6 is 7.14 Å². The van der Waals surface area contributed by atoms with Gasteiger partial charge in [-0.15, -0.1) is 0 Å². The molecule has 1 aliphatic heterocycles. The highest BCUT2D eigenvalue weighted by atomic mass is 31.2. The lowest BCUT2D eigenvalue weighted by Gasteiger charge is -2.24. The van der Waals surface area contributed by atoms with Gasteiger partial charge >= 0.3 is 6.18 Å². The molecule has 13 heteroatoms. The zero-order valence-electron chi connectivity index (χ0n) is 18.0. The van der Waals surface area contributed by atoms with Crippen molar-refractivity contribution >= 4 is 36.0 Å². The van der Waals surface area contributed by atoms with E-state index < -0.39 is 18.9 Å². The first kappa shape index (κ1) is 24.7. The molecule has 3 aromatic heterocycles. The Hall–Kier alpha value is -2.98. The van der Waals surface area contributed by atoms with Crippen molar-refractivity contribution in [3.63, 3.8) is 0 Å². The number of aromatic nitrogens is 4. The molecule has 33 heavy (non-hydrogen) atoms. The Morgan fingerprint density at radius 3 is 2.61 bits per heavy atom. The predicted octanol–water partition coefficient (Wildman–Crippen LogP) is 3.15. The van der Waals surface area contributed by atoms with Crippen LogP contribution in [0.1, 0.15) is 18.4 Å². The number of nitrogens with one attached hydrogen (secondary N) is 3. The Morgan fingerprint density at radius 1 is 1.27 bits per heavy atom. The number of carboxylic acid groups (broad SMARTS) is 1. The van der Waals surface area contributed by atoms with Crippen LogP contribution in [0.5, 0.6) is 0 Å². The summed E-state index contributed by atoms with van der Waals surface area (Å²) in [5, 5.41) is 13.7. The summed E-state index contributed by atoms with van der Waals surface area (Å²) >= 11 is 0. The van der Waals surface area contributed by atoms with Crippen LogP contribution < -0.4 is 16.1 Å². The molecule has 9 nitrogen and oxygen atoms in total. The lowest BCUT2D eigenvalue weighted by atomic mass is 10.1. The molecule has 4 N–H and O–H groups in total. The second-order valence-corrected chi connectivity index (χ2v) is 11.0. The fourth-order valence-corrected chi connectivity index (χ4v) is 4.29. The Kier molecular flexibility index (Phi) is 7.38. The second kappa shape index (κ2) is 9.88. The topological polar surface area (TPSA) is 133 Å². The number of halogens is 3. The maximum atomic E-state index is 13.7. The number of pyridine rings is 1. The Bertz CT molecular complexity index is 1170. The summed E-state index contributed by atoms with van der Waals surface area (Å²) in [5.41, 5.74) is -0.0960. The third-order valence-electron chi connectivity index (χ3n) is 5.06. The van der Waals surface area contributed by atoms with Crippen LogP contribution in [0.2, 0.25) is 0 Å². The zero-order valence-corrected chi connectivity index (χ0v) is 18.9. The number of fused-ring (bicyclic) bond motifs is 1. The Morgan fingerprint density at radius 2 is 2.00 bits per heavy atom. The molecule has 1 atom stereocenters. The van der Waals surface area contributed by atoms with Crippen molar-refractivity contribution in [3.05, 3.63) is 30.1 Å². The Balaban J connectivity index is 0.000000968. The van der Waals surface area contributed by atoms with Crippen molar-refractivity contribution in [2.45, 2.75) is 25.1 Å². The predicted molar refractivity (Wildman–Crippen MR) is 119 cm³/mol. The first-order chi connectivity index (χ1) is 15.5. The van der Waals surface area contributed by atoms with Gasteiger partial charge in [0.1, 0.15) is 23.8 Å². The largest absolute Gasteiger partial charge is 0.483 e. The minimum atomic E-state index is -4.61. The van der Waals surface area contributed by atoms with Crippen molar-refractivity contribution in [2.24, 2.45) is 0 Å². The van der Waals surface area contributed by atoms with E-state index in [1.54, 1.807) is 25.5 Å². The van der Waals surface area contributed by atoms with Crippen LogP contribution in [0.4, 0.5) is 19.1 Å². The molecule has 4 rings (SSSR count). The van der Waals surface area contributed by atoms with E-state index in [4.69, 9.17) is 9.90 Å². The number of anilines is 1. The van der Waals surface area contributed by atoms with E-state index >= 15 is 0 Å². The lowest BCUT2D eigenvalue weighted by molar-refractivity contribution is -0.137. The van der Waals surface area contributed by atoms with E-state index in [1.165, 1.54) is 6.20 Å². The monoisotopic (exact) mass is 484 g/mol. The number of hydrogen-bond donors (Lipinski definition) is 4. The normalized spacial score (nSPS) is 16.7. The van der Waals surface area contributed by atoms with Crippen LogP contribution in [0.15, 0.2) is 24.5 Å². The third kappa shape index (κ3) is 5.88. The van der Waals surface area contributed by atoms with Gasteiger partial charge in [-0.3, -0.25) is 4.79 Å². The van der Waals surface area contributed by atoms with Gasteiger partial charge in [0.05, 0.1) is 5.69 Å². The number of nitrogens with zero attached hydrogens (tertiary/aromatic N) is 3. The van der Waals surface area contributed by atoms with Crippen LogP contribution in [-0.4, -0.2) is 64.0 Å². The molecule has 0 saturated carbocycles. The molecule has 1 unspecified atom stereocenters. The van der Waals surface area contributed by atoms with E-state index in [1.807, 2.05) is 0 Å². The van der Waals surface area contributed by atoms with Crippen LogP contribution in [0.3, 0.4) is 0 Å². The number of alkyl halides is 3. The Labute approximate surface area is 187 Å². The third-order valence-corrected chi connectivity index (χ3v) is 6.41. The molecule has 0 radical (unpaired) electrons. The minimum absolute atomic E-state index is 0.0544. The number of H-pyrrole nitrogens is 1. The van der Waals surface area contributed by atoms with Gasteiger partial charge in [-0.2, -0.15) is 13.2 Å². The summed E-state index contributed by atoms with van der Waals surface area (Å²) in [6.45, 7) is 4.56. The summed E-state index contributed by atoms with van der Waals surface area (Å²) in [7, 11) is -2.60. The average molecular weight is 484 g/mol. The van der Waals surface area contributed by atoms with Crippen LogP contribution in [0.25, 0.3) is 22.3 Å². The van der Waals surface area contributed by atoms with Gasteiger partial charge < -0.3 is 25.3 Å². The number of aromatic amines is 1. The standard InChI is InChI=1S/C19H22F3N6OP.CH2O2/c1-30(2,29)15-6-5-12-13(9-24-17(12)27-15)16-14(19(20,21)22)10-25-18(28-16)26-11-4-3-7-23-8-11;2-1-3/h5-6,9-11,23H,3-4,7-8H2,1-2H3,(H,24,27)(H,25,26,28);1H,(H,2,3). The molecule has 0 aromatic carbocycles. The van der Waals surface area contributed by atoms with Crippen LogP contribution in [-0.2, 0) is 15.5 Å². The van der Waals surface area contributed by atoms with Crippen molar-refractivity contribution in [1.29, 1.82) is 0 Å². The summed E-state index contributed by atoms with van der Waals surface area (Å²) in [5.74, 6) is 0.150. The van der Waals surface area contributed by atoms with Gasteiger partial charge in [-0.25, -0.2) is 15.0 Å². The molecule has 178 valence electrons. The van der Waals surface area contributed by atoms with Crippen molar-refractivity contribution in [3.8, 4) is 11.3 Å². The number of rotatable bonds is 4. The van der Waals surface area contributed by atoms with Gasteiger partial charge in [-0.1, -0.05) is 0 Å². The molecular weight excluding hydrogens is 460 g/mol. The highest BCUT2D eigenvalue weighted by molar-refractivity contribution is 7.69. The van der Waals surface area contributed by atoms with E-state index in [0.717, 1.165) is 25.6 Å². The molecule has 4 heterocycles. The number of hydrogen-bond acceptors (Lipinski definition) is 7. The van der Waals surface area contributed by atoms with Crippen molar-refractivity contribution in [1.82, 2.24) is 25.3 Å². The molecule has 0 bridgehead atoms. The highest BCUT2D eigenvalue weighted by Crippen LogP contribution is 2.39. The SMILES string of the molecule is CP(C)(=O)c1ccc2c(-c3nc(NC4CCCNC4)ncc3C(F)(F)F)c[nH]c2n1.O=CO. The smallest absolute Gasteiger partial charge is 0.419 e. The molecule has 1 saturated heterocycles. The van der Waals surface area contributed by atoms with Crippen molar-refractivity contribution < 1.29 is 27.6 Å². The number of carbonyl (C=O) groups is 1. The van der Waals surface area contributed by atoms with Crippen LogP contribution in [0, 0.1) is 0 Å². The van der Waals surface area contributed by atoms with E-state index in [0.29, 0.717) is 23.0 Å². The summed E-state index contributed by atoms with van der Waals surface area (Å²) in [6, 6.07) is 3.27. The maximum Gasteiger partial charge on any atom is 0.419 e. The summed E-state index contributed by atoms with van der Waals surface area (Å²) < 4.78 is 53.3. The average Bonchev–Trinajstić information content (AvgIpc) is 3.17. The second-order valence-electron chi connectivity index (χ2n) is 7.87. The fraction of sp³-hybridized carbons (Fsp3) is 0.400. The van der Waals surface area contributed by atoms with E-state index in [9.17, 15) is 17.7 Å². The van der Waals surface area contributed by atoms with Crippen molar-refractivity contribution in [2.75, 3.05) is 31.7 Å². The zero-order chi connectivity index (χ0) is 24.2. The fourth-order valence-electron chi connectivity index (χ4n) is 3.51. The number of piperidine rings is 1. The minimum Gasteiger partial charge on any atom is -0.483 e.